The van der Waals surface area contributed by atoms with Crippen molar-refractivity contribution in [2.45, 2.75) is 58.3 Å². The molecule has 4 nitrogen and oxygen atoms in total. The Morgan fingerprint density at radius 2 is 1.86 bits per heavy atom. The quantitative estimate of drug-likeness (QED) is 0.790. The Hall–Kier alpha value is -1.10. The molecule has 3 N–H and O–H groups in total. The molecule has 0 saturated carbocycles. The van der Waals surface area contributed by atoms with Gasteiger partial charge in [-0.2, -0.15) is 0 Å². The molecule has 1 aromatic rings. The molecule has 0 radical (unpaired) electrons. The fourth-order valence-electron chi connectivity index (χ4n) is 2.83. The van der Waals surface area contributed by atoms with Gasteiger partial charge in [0.1, 0.15) is 12.4 Å². The fraction of sp³-hybridized carbons (Fsp3) is 0.647. The highest BCUT2D eigenvalue weighted by atomic mass is 16.5. The standard InChI is InChI=1S/C17H26O4/c1-17(2,3)9-12(18)10-21-16-6-4-5-11-7-14(19)15(20)8-13(11)16/h4-6,12,14-15,18-20H,7-10H2,1-3H3. The summed E-state index contributed by atoms with van der Waals surface area (Å²) in [5.74, 6) is 0.700. The second-order valence-corrected chi connectivity index (χ2v) is 7.17. The van der Waals surface area contributed by atoms with Gasteiger partial charge in [-0.3, -0.25) is 0 Å². The molecule has 0 saturated heterocycles. The van der Waals surface area contributed by atoms with E-state index in [4.69, 9.17) is 4.74 Å². The zero-order valence-electron chi connectivity index (χ0n) is 13.0. The van der Waals surface area contributed by atoms with Gasteiger partial charge in [-0.25, -0.2) is 0 Å². The van der Waals surface area contributed by atoms with E-state index in [1.165, 1.54) is 0 Å². The van der Waals surface area contributed by atoms with Gasteiger partial charge >= 0.3 is 0 Å². The van der Waals surface area contributed by atoms with E-state index in [0.717, 1.165) is 11.1 Å². The van der Waals surface area contributed by atoms with Crippen LogP contribution in [0.4, 0.5) is 0 Å². The van der Waals surface area contributed by atoms with Crippen LogP contribution in [-0.4, -0.2) is 40.2 Å². The first kappa shape index (κ1) is 16.3. The molecule has 1 aliphatic carbocycles. The van der Waals surface area contributed by atoms with Crippen LogP contribution in [0.1, 0.15) is 38.3 Å². The maximum absolute atomic E-state index is 10.0. The summed E-state index contributed by atoms with van der Waals surface area (Å²) >= 11 is 0. The maximum atomic E-state index is 10.0. The average molecular weight is 294 g/mol. The molecular weight excluding hydrogens is 268 g/mol. The minimum atomic E-state index is -0.748. The van der Waals surface area contributed by atoms with Crippen molar-refractivity contribution in [1.82, 2.24) is 0 Å². The van der Waals surface area contributed by atoms with Gasteiger partial charge in [0, 0.05) is 18.4 Å². The molecule has 0 spiro atoms. The minimum absolute atomic E-state index is 0.0548. The first-order valence-corrected chi connectivity index (χ1v) is 7.54. The van der Waals surface area contributed by atoms with E-state index in [9.17, 15) is 15.3 Å². The summed E-state index contributed by atoms with van der Waals surface area (Å²) in [5, 5.41) is 29.6. The van der Waals surface area contributed by atoms with Crippen LogP contribution in [0.25, 0.3) is 0 Å². The summed E-state index contributed by atoms with van der Waals surface area (Å²) in [4.78, 5) is 0. The van der Waals surface area contributed by atoms with Gasteiger partial charge in [0.2, 0.25) is 0 Å². The Kier molecular flexibility index (Phi) is 4.91. The average Bonchev–Trinajstić information content (AvgIpc) is 2.36. The smallest absolute Gasteiger partial charge is 0.122 e. The van der Waals surface area contributed by atoms with E-state index in [2.05, 4.69) is 20.8 Å². The third-order valence-corrected chi connectivity index (χ3v) is 3.80. The summed E-state index contributed by atoms with van der Waals surface area (Å²) in [6.45, 7) is 6.49. The lowest BCUT2D eigenvalue weighted by Crippen LogP contribution is -2.35. The Labute approximate surface area is 126 Å². The van der Waals surface area contributed by atoms with Gasteiger partial charge in [0.05, 0.1) is 18.3 Å². The highest BCUT2D eigenvalue weighted by Crippen LogP contribution is 2.30. The van der Waals surface area contributed by atoms with Crippen molar-refractivity contribution < 1.29 is 20.1 Å². The highest BCUT2D eigenvalue weighted by Gasteiger charge is 2.27. The molecular formula is C17H26O4. The Morgan fingerprint density at radius 3 is 2.52 bits per heavy atom. The van der Waals surface area contributed by atoms with E-state index in [1.807, 2.05) is 18.2 Å². The van der Waals surface area contributed by atoms with Crippen LogP contribution in [-0.2, 0) is 12.8 Å². The maximum Gasteiger partial charge on any atom is 0.122 e. The van der Waals surface area contributed by atoms with Crippen LogP contribution in [0.5, 0.6) is 5.75 Å². The van der Waals surface area contributed by atoms with Gasteiger partial charge in [-0.1, -0.05) is 32.9 Å². The first-order valence-electron chi connectivity index (χ1n) is 7.54. The Balaban J connectivity index is 2.03. The second kappa shape index (κ2) is 6.34. The van der Waals surface area contributed by atoms with Crippen LogP contribution < -0.4 is 4.74 Å². The van der Waals surface area contributed by atoms with Gasteiger partial charge < -0.3 is 20.1 Å². The van der Waals surface area contributed by atoms with Crippen molar-refractivity contribution in [2.75, 3.05) is 6.61 Å². The van der Waals surface area contributed by atoms with E-state index in [1.54, 1.807) is 0 Å². The molecule has 21 heavy (non-hydrogen) atoms. The van der Waals surface area contributed by atoms with Gasteiger partial charge in [0.25, 0.3) is 0 Å². The number of aliphatic hydroxyl groups is 3. The number of fused-ring (bicyclic) bond motifs is 1. The number of rotatable bonds is 4. The molecule has 3 atom stereocenters. The van der Waals surface area contributed by atoms with Gasteiger partial charge in [-0.15, -0.1) is 0 Å². The summed E-state index contributed by atoms with van der Waals surface area (Å²) in [7, 11) is 0. The number of ether oxygens (including phenoxy) is 1. The fourth-order valence-corrected chi connectivity index (χ4v) is 2.83. The van der Waals surface area contributed by atoms with Gasteiger partial charge in [-0.05, 0) is 23.5 Å². The molecule has 118 valence electrons. The highest BCUT2D eigenvalue weighted by molar-refractivity contribution is 5.43. The van der Waals surface area contributed by atoms with Gasteiger partial charge in [0.15, 0.2) is 0 Å². The summed E-state index contributed by atoms with van der Waals surface area (Å²) in [6, 6.07) is 5.69. The Morgan fingerprint density at radius 1 is 1.19 bits per heavy atom. The van der Waals surface area contributed by atoms with Crippen LogP contribution in [0, 0.1) is 5.41 Å². The molecule has 1 aliphatic rings. The second-order valence-electron chi connectivity index (χ2n) is 7.17. The molecule has 4 heteroatoms. The van der Waals surface area contributed by atoms with E-state index in [0.29, 0.717) is 25.0 Å². The van der Waals surface area contributed by atoms with Crippen LogP contribution >= 0.6 is 0 Å². The summed E-state index contributed by atoms with van der Waals surface area (Å²) < 4.78 is 5.75. The molecule has 0 fully saturated rings. The number of aliphatic hydroxyl groups excluding tert-OH is 3. The van der Waals surface area contributed by atoms with E-state index in [-0.39, 0.29) is 12.0 Å². The number of hydrogen-bond donors (Lipinski definition) is 3. The lowest BCUT2D eigenvalue weighted by molar-refractivity contribution is 0.0130. The van der Waals surface area contributed by atoms with Crippen molar-refractivity contribution >= 4 is 0 Å². The lowest BCUT2D eigenvalue weighted by Gasteiger charge is -2.28. The van der Waals surface area contributed by atoms with Crippen molar-refractivity contribution in [2.24, 2.45) is 5.41 Å². The monoisotopic (exact) mass is 294 g/mol. The predicted octanol–water partition coefficient (Wildman–Crippen LogP) is 1.68. The lowest BCUT2D eigenvalue weighted by atomic mass is 9.87. The van der Waals surface area contributed by atoms with Crippen molar-refractivity contribution in [3.63, 3.8) is 0 Å². The zero-order valence-corrected chi connectivity index (χ0v) is 13.0. The first-order chi connectivity index (χ1) is 9.76. The Bertz CT molecular complexity index is 478. The molecule has 0 bridgehead atoms. The molecule has 2 rings (SSSR count). The minimum Gasteiger partial charge on any atom is -0.491 e. The SMILES string of the molecule is CC(C)(C)CC(O)COc1cccc2c1CC(O)C(O)C2. The van der Waals surface area contributed by atoms with E-state index >= 15 is 0 Å². The predicted molar refractivity (Wildman–Crippen MR) is 81.4 cm³/mol. The number of benzene rings is 1. The van der Waals surface area contributed by atoms with Crippen LogP contribution in [0.15, 0.2) is 18.2 Å². The summed E-state index contributed by atoms with van der Waals surface area (Å²) in [6.07, 6.45) is -0.468. The van der Waals surface area contributed by atoms with Crippen molar-refractivity contribution in [3.8, 4) is 5.75 Å². The molecule has 0 aromatic heterocycles. The molecule has 3 unspecified atom stereocenters. The molecule has 0 heterocycles. The third kappa shape index (κ3) is 4.43. The molecule has 0 amide bonds. The summed E-state index contributed by atoms with van der Waals surface area (Å²) in [5.41, 5.74) is 2.01. The van der Waals surface area contributed by atoms with Crippen LogP contribution in [0.3, 0.4) is 0 Å². The topological polar surface area (TPSA) is 69.9 Å². The van der Waals surface area contributed by atoms with Crippen molar-refractivity contribution in [3.05, 3.63) is 29.3 Å². The van der Waals surface area contributed by atoms with Crippen molar-refractivity contribution in [1.29, 1.82) is 0 Å². The third-order valence-electron chi connectivity index (χ3n) is 3.80. The number of hydrogen-bond acceptors (Lipinski definition) is 4. The van der Waals surface area contributed by atoms with E-state index < -0.39 is 18.3 Å². The largest absolute Gasteiger partial charge is 0.491 e. The zero-order chi connectivity index (χ0) is 15.6. The van der Waals surface area contributed by atoms with Crippen LogP contribution in [0.2, 0.25) is 0 Å². The molecule has 0 aliphatic heterocycles. The normalized spacial score (nSPS) is 23.5. The molecule has 1 aromatic carbocycles.